The maximum absolute atomic E-state index is 2.39. The predicted molar refractivity (Wildman–Crippen MR) is 63.8 cm³/mol. The molecular weight excluding hydrogens is 172 g/mol. The third-order valence-electron chi connectivity index (χ3n) is 3.04. The molecular formula is C12H22Si. The maximum Gasteiger partial charge on any atom is 0.0656 e. The Balaban J connectivity index is 2.53. The van der Waals surface area contributed by atoms with Crippen molar-refractivity contribution in [3.63, 3.8) is 0 Å². The second-order valence-electron chi connectivity index (χ2n) is 3.96. The van der Waals surface area contributed by atoms with Gasteiger partial charge in [0, 0.05) is 0 Å². The van der Waals surface area contributed by atoms with Crippen LogP contribution in [0.4, 0.5) is 0 Å². The van der Waals surface area contributed by atoms with Crippen LogP contribution in [0.1, 0.15) is 39.5 Å². The van der Waals surface area contributed by atoms with Crippen molar-refractivity contribution in [3.05, 3.63) is 23.4 Å². The Kier molecular flexibility index (Phi) is 5.14. The number of allylic oxidation sites excluding steroid dienone is 4. The van der Waals surface area contributed by atoms with Crippen LogP contribution in [0.5, 0.6) is 0 Å². The summed E-state index contributed by atoms with van der Waals surface area (Å²) in [7, 11) is -0.463. The molecule has 1 rings (SSSR count). The van der Waals surface area contributed by atoms with E-state index in [1.54, 1.807) is 17.3 Å². The van der Waals surface area contributed by atoms with Gasteiger partial charge in [0.05, 0.1) is 8.80 Å². The molecule has 1 saturated heterocycles. The molecule has 0 nitrogen and oxygen atoms in total. The molecule has 1 fully saturated rings. The lowest BCUT2D eigenvalue weighted by molar-refractivity contribution is 0.724. The van der Waals surface area contributed by atoms with Gasteiger partial charge in [-0.05, 0) is 13.3 Å². The summed E-state index contributed by atoms with van der Waals surface area (Å²) in [4.78, 5) is 0. The van der Waals surface area contributed by atoms with Crippen molar-refractivity contribution in [2.45, 2.75) is 51.6 Å². The lowest BCUT2D eigenvalue weighted by atomic mass is 10.3. The van der Waals surface area contributed by atoms with Crippen LogP contribution in [0.25, 0.3) is 0 Å². The van der Waals surface area contributed by atoms with Crippen LogP contribution < -0.4 is 0 Å². The predicted octanol–water partition coefficient (Wildman–Crippen LogP) is 3.85. The molecule has 74 valence electrons. The third kappa shape index (κ3) is 3.51. The van der Waals surface area contributed by atoms with Gasteiger partial charge in [-0.15, -0.1) is 0 Å². The summed E-state index contributed by atoms with van der Waals surface area (Å²) < 4.78 is 0. The average Bonchev–Trinajstić information content (AvgIpc) is 2.21. The van der Waals surface area contributed by atoms with Gasteiger partial charge in [-0.1, -0.05) is 61.7 Å². The zero-order valence-corrected chi connectivity index (χ0v) is 10.2. The Hall–Kier alpha value is -0.303. The fraction of sp³-hybridized carbons (Fsp3) is 0.667. The van der Waals surface area contributed by atoms with Crippen molar-refractivity contribution in [1.29, 1.82) is 0 Å². The fourth-order valence-corrected chi connectivity index (χ4v) is 5.79. The molecule has 0 aromatic heterocycles. The van der Waals surface area contributed by atoms with Gasteiger partial charge < -0.3 is 0 Å². The van der Waals surface area contributed by atoms with Crippen LogP contribution in [0.3, 0.4) is 0 Å². The molecule has 0 N–H and O–H groups in total. The largest absolute Gasteiger partial charge is 0.0877 e. The Labute approximate surface area is 84.3 Å². The summed E-state index contributed by atoms with van der Waals surface area (Å²) in [6.45, 7) is 4.42. The van der Waals surface area contributed by atoms with Gasteiger partial charge in [0.1, 0.15) is 0 Å². The van der Waals surface area contributed by atoms with Gasteiger partial charge >= 0.3 is 0 Å². The second kappa shape index (κ2) is 6.20. The lowest BCUT2D eigenvalue weighted by Crippen LogP contribution is -2.19. The van der Waals surface area contributed by atoms with Crippen LogP contribution in [-0.4, -0.2) is 8.80 Å². The maximum atomic E-state index is 2.39. The van der Waals surface area contributed by atoms with E-state index in [0.717, 1.165) is 0 Å². The summed E-state index contributed by atoms with van der Waals surface area (Å²) in [5.41, 5.74) is 0. The first-order valence-electron chi connectivity index (χ1n) is 5.70. The van der Waals surface area contributed by atoms with E-state index in [9.17, 15) is 0 Å². The Bertz CT molecular complexity index is 185. The highest BCUT2D eigenvalue weighted by molar-refractivity contribution is 6.66. The van der Waals surface area contributed by atoms with Crippen LogP contribution in [0.2, 0.25) is 12.1 Å². The lowest BCUT2D eigenvalue weighted by Gasteiger charge is -2.22. The van der Waals surface area contributed by atoms with Crippen molar-refractivity contribution in [2.75, 3.05) is 0 Å². The minimum absolute atomic E-state index is 0.463. The van der Waals surface area contributed by atoms with Crippen molar-refractivity contribution < 1.29 is 0 Å². The summed E-state index contributed by atoms with van der Waals surface area (Å²) in [6.07, 6.45) is 12.6. The van der Waals surface area contributed by atoms with Crippen molar-refractivity contribution in [3.8, 4) is 0 Å². The summed E-state index contributed by atoms with van der Waals surface area (Å²) in [6, 6.07) is 3.13. The van der Waals surface area contributed by atoms with E-state index in [2.05, 4.69) is 32.1 Å². The molecule has 1 heteroatoms. The molecule has 1 heterocycles. The highest BCUT2D eigenvalue weighted by Crippen LogP contribution is 2.25. The third-order valence-corrected chi connectivity index (χ3v) is 6.90. The van der Waals surface area contributed by atoms with Crippen molar-refractivity contribution in [2.24, 2.45) is 0 Å². The molecule has 0 spiro atoms. The van der Waals surface area contributed by atoms with Crippen LogP contribution in [-0.2, 0) is 0 Å². The average molecular weight is 194 g/mol. The first-order valence-corrected chi connectivity index (χ1v) is 7.91. The number of rotatable bonds is 3. The van der Waals surface area contributed by atoms with Gasteiger partial charge in [-0.3, -0.25) is 0 Å². The van der Waals surface area contributed by atoms with Crippen molar-refractivity contribution in [1.82, 2.24) is 0 Å². The molecule has 13 heavy (non-hydrogen) atoms. The topological polar surface area (TPSA) is 0 Å². The quantitative estimate of drug-likeness (QED) is 0.473. The van der Waals surface area contributed by atoms with Gasteiger partial charge in [-0.25, -0.2) is 0 Å². The standard InChI is InChI=1S/C12H22Si/c1-3-5-9-12(4-2)13-10-7-6-8-11-13/h3,5,9,13H,4,6-8,10-11H2,1-2H3. The van der Waals surface area contributed by atoms with E-state index in [0.29, 0.717) is 0 Å². The smallest absolute Gasteiger partial charge is 0.0656 e. The molecule has 0 unspecified atom stereocenters. The molecule has 0 aromatic carbocycles. The van der Waals surface area contributed by atoms with Gasteiger partial charge in [-0.2, -0.15) is 0 Å². The zero-order valence-electron chi connectivity index (χ0n) is 9.05. The Morgan fingerprint density at radius 3 is 2.46 bits per heavy atom. The normalized spacial score (nSPS) is 21.2. The van der Waals surface area contributed by atoms with E-state index in [-0.39, 0.29) is 0 Å². The first-order chi connectivity index (χ1) is 6.38. The molecule has 1 aliphatic heterocycles. The molecule has 0 amide bonds. The van der Waals surface area contributed by atoms with Crippen LogP contribution in [0, 0.1) is 0 Å². The minimum atomic E-state index is -0.463. The highest BCUT2D eigenvalue weighted by Gasteiger charge is 2.17. The summed E-state index contributed by atoms with van der Waals surface area (Å²) in [5, 5.41) is 1.80. The molecule has 0 atom stereocenters. The van der Waals surface area contributed by atoms with E-state index < -0.39 is 8.80 Å². The fourth-order valence-electron chi connectivity index (χ4n) is 2.24. The molecule has 0 aliphatic carbocycles. The van der Waals surface area contributed by atoms with Gasteiger partial charge in [0.15, 0.2) is 0 Å². The Morgan fingerprint density at radius 2 is 1.92 bits per heavy atom. The van der Waals surface area contributed by atoms with Crippen LogP contribution in [0.15, 0.2) is 23.4 Å². The van der Waals surface area contributed by atoms with Crippen molar-refractivity contribution >= 4 is 8.80 Å². The molecule has 0 aromatic rings. The minimum Gasteiger partial charge on any atom is -0.0877 e. The zero-order chi connectivity index (χ0) is 9.52. The monoisotopic (exact) mass is 194 g/mol. The number of hydrogen-bond donors (Lipinski definition) is 0. The number of hydrogen-bond acceptors (Lipinski definition) is 0. The van der Waals surface area contributed by atoms with E-state index in [1.807, 2.05) is 0 Å². The SMILES string of the molecule is CC=CC=C(CC)[SiH]1CCCCC1. The second-order valence-corrected chi connectivity index (χ2v) is 7.25. The van der Waals surface area contributed by atoms with Gasteiger partial charge in [0.2, 0.25) is 0 Å². The summed E-state index contributed by atoms with van der Waals surface area (Å²) >= 11 is 0. The highest BCUT2D eigenvalue weighted by atomic mass is 28.3. The molecule has 1 aliphatic rings. The van der Waals surface area contributed by atoms with Crippen LogP contribution >= 0.6 is 0 Å². The van der Waals surface area contributed by atoms with E-state index in [4.69, 9.17) is 0 Å². The Morgan fingerprint density at radius 1 is 1.23 bits per heavy atom. The summed E-state index contributed by atoms with van der Waals surface area (Å²) in [5.74, 6) is 0. The first kappa shape index (κ1) is 10.8. The molecule has 0 saturated carbocycles. The van der Waals surface area contributed by atoms with E-state index >= 15 is 0 Å². The van der Waals surface area contributed by atoms with Gasteiger partial charge in [0.25, 0.3) is 0 Å². The van der Waals surface area contributed by atoms with E-state index in [1.165, 1.54) is 25.7 Å². The molecule has 0 radical (unpaired) electrons. The molecule has 0 bridgehead atoms.